The van der Waals surface area contributed by atoms with Gasteiger partial charge in [-0.15, -0.1) is 0 Å². The molecular formula is C23H23F2N7. The molecule has 0 aliphatic carbocycles. The highest BCUT2D eigenvalue weighted by Gasteiger charge is 2.16. The molecule has 4 aromatic rings. The van der Waals surface area contributed by atoms with Crippen LogP contribution in [-0.4, -0.2) is 67.4 Å². The van der Waals surface area contributed by atoms with Gasteiger partial charge < -0.3 is 4.90 Å². The van der Waals surface area contributed by atoms with E-state index in [4.69, 9.17) is 4.98 Å². The minimum atomic E-state index is -2.66. The lowest BCUT2D eigenvalue weighted by Gasteiger charge is -2.32. The number of benzene rings is 1. The molecule has 0 amide bonds. The molecular weight excluding hydrogens is 412 g/mol. The van der Waals surface area contributed by atoms with E-state index in [0.29, 0.717) is 17.2 Å². The maximum atomic E-state index is 13.1. The first-order chi connectivity index (χ1) is 15.6. The van der Waals surface area contributed by atoms with E-state index in [1.807, 2.05) is 18.2 Å². The molecule has 1 aliphatic heterocycles. The Hall–Kier alpha value is -3.30. The SMILES string of the molecule is CN1CCN(Cc2cccc(-c3ccnc(-c4cnc5cnc(C(F)F)cn45)n3)c2)CC1. The van der Waals surface area contributed by atoms with Gasteiger partial charge in [0.1, 0.15) is 11.4 Å². The van der Waals surface area contributed by atoms with Crippen LogP contribution in [-0.2, 0) is 6.54 Å². The molecule has 32 heavy (non-hydrogen) atoms. The number of hydrogen-bond donors (Lipinski definition) is 0. The van der Waals surface area contributed by atoms with Crippen LogP contribution in [0.5, 0.6) is 0 Å². The minimum Gasteiger partial charge on any atom is -0.304 e. The number of halogens is 2. The van der Waals surface area contributed by atoms with Crippen LogP contribution in [0.4, 0.5) is 8.78 Å². The van der Waals surface area contributed by atoms with Crippen molar-refractivity contribution in [1.29, 1.82) is 0 Å². The zero-order valence-corrected chi connectivity index (χ0v) is 17.7. The minimum absolute atomic E-state index is 0.315. The van der Waals surface area contributed by atoms with Crippen LogP contribution in [0.25, 0.3) is 28.4 Å². The van der Waals surface area contributed by atoms with E-state index in [2.05, 4.69) is 43.9 Å². The molecule has 164 valence electrons. The van der Waals surface area contributed by atoms with Gasteiger partial charge in [0.2, 0.25) is 0 Å². The highest BCUT2D eigenvalue weighted by Crippen LogP contribution is 2.24. The quantitative estimate of drug-likeness (QED) is 0.478. The third-order valence-electron chi connectivity index (χ3n) is 5.75. The fourth-order valence-corrected chi connectivity index (χ4v) is 3.92. The summed E-state index contributed by atoms with van der Waals surface area (Å²) in [6, 6.07) is 10.2. The average molecular weight is 435 g/mol. The molecule has 1 aliphatic rings. The number of hydrogen-bond acceptors (Lipinski definition) is 6. The van der Waals surface area contributed by atoms with Gasteiger partial charge in [0, 0.05) is 50.7 Å². The Morgan fingerprint density at radius 3 is 2.66 bits per heavy atom. The van der Waals surface area contributed by atoms with Crippen molar-refractivity contribution in [2.45, 2.75) is 13.0 Å². The number of piperazine rings is 1. The van der Waals surface area contributed by atoms with Crippen molar-refractivity contribution in [2.24, 2.45) is 0 Å². The van der Waals surface area contributed by atoms with Crippen molar-refractivity contribution < 1.29 is 8.78 Å². The summed E-state index contributed by atoms with van der Waals surface area (Å²) in [4.78, 5) is 21.9. The maximum absolute atomic E-state index is 13.1. The Labute approximate surface area is 184 Å². The van der Waals surface area contributed by atoms with Crippen molar-refractivity contribution >= 4 is 5.65 Å². The molecule has 0 N–H and O–H groups in total. The highest BCUT2D eigenvalue weighted by atomic mass is 19.3. The predicted octanol–water partition coefficient (Wildman–Crippen LogP) is 3.54. The summed E-state index contributed by atoms with van der Waals surface area (Å²) in [5.74, 6) is 0.422. The van der Waals surface area contributed by atoms with Crippen LogP contribution < -0.4 is 0 Å². The van der Waals surface area contributed by atoms with Gasteiger partial charge in [-0.2, -0.15) is 0 Å². The Morgan fingerprint density at radius 1 is 1.00 bits per heavy atom. The first-order valence-corrected chi connectivity index (χ1v) is 10.5. The first-order valence-electron chi connectivity index (χ1n) is 10.5. The van der Waals surface area contributed by atoms with E-state index in [9.17, 15) is 8.78 Å². The number of alkyl halides is 2. The highest BCUT2D eigenvalue weighted by molar-refractivity contribution is 5.64. The second-order valence-electron chi connectivity index (χ2n) is 8.03. The summed E-state index contributed by atoms with van der Waals surface area (Å²) in [5.41, 5.74) is 3.68. The van der Waals surface area contributed by atoms with Crippen molar-refractivity contribution in [3.63, 3.8) is 0 Å². The molecule has 7 nitrogen and oxygen atoms in total. The molecule has 0 atom stereocenters. The summed E-state index contributed by atoms with van der Waals surface area (Å²) >= 11 is 0. The zero-order valence-electron chi connectivity index (χ0n) is 17.7. The molecule has 4 heterocycles. The van der Waals surface area contributed by atoms with E-state index in [0.717, 1.165) is 44.0 Å². The fraction of sp³-hybridized carbons (Fsp3) is 0.304. The van der Waals surface area contributed by atoms with Crippen LogP contribution in [0.2, 0.25) is 0 Å². The molecule has 1 saturated heterocycles. The van der Waals surface area contributed by atoms with Crippen LogP contribution in [0.1, 0.15) is 17.7 Å². The molecule has 0 unspecified atom stereocenters. The Bertz CT molecular complexity index is 1230. The van der Waals surface area contributed by atoms with Crippen molar-refractivity contribution in [3.8, 4) is 22.8 Å². The van der Waals surface area contributed by atoms with Crippen molar-refractivity contribution in [2.75, 3.05) is 33.2 Å². The lowest BCUT2D eigenvalue weighted by Crippen LogP contribution is -2.43. The smallest absolute Gasteiger partial charge is 0.281 e. The lowest BCUT2D eigenvalue weighted by molar-refractivity contribution is 0.145. The normalized spacial score (nSPS) is 15.6. The number of fused-ring (bicyclic) bond motifs is 1. The van der Waals surface area contributed by atoms with E-state index in [1.165, 1.54) is 18.0 Å². The van der Waals surface area contributed by atoms with Crippen LogP contribution >= 0.6 is 0 Å². The zero-order chi connectivity index (χ0) is 22.1. The number of aromatic nitrogens is 5. The largest absolute Gasteiger partial charge is 0.304 e. The third kappa shape index (κ3) is 4.21. The third-order valence-corrected chi connectivity index (χ3v) is 5.75. The number of imidazole rings is 1. The Balaban J connectivity index is 1.44. The molecule has 3 aromatic heterocycles. The molecule has 0 radical (unpaired) electrons. The van der Waals surface area contributed by atoms with Gasteiger partial charge in [0.15, 0.2) is 11.5 Å². The number of rotatable bonds is 5. The number of likely N-dealkylation sites (N-methyl/N-ethyl adjacent to an activating group) is 1. The van der Waals surface area contributed by atoms with Gasteiger partial charge in [0.05, 0.1) is 18.1 Å². The van der Waals surface area contributed by atoms with E-state index < -0.39 is 6.43 Å². The summed E-state index contributed by atoms with van der Waals surface area (Å²) in [7, 11) is 2.15. The molecule has 1 aromatic carbocycles. The summed E-state index contributed by atoms with van der Waals surface area (Å²) in [6.45, 7) is 5.18. The van der Waals surface area contributed by atoms with E-state index in [1.54, 1.807) is 16.8 Å². The molecule has 0 spiro atoms. The van der Waals surface area contributed by atoms with Crippen LogP contribution in [0, 0.1) is 0 Å². The van der Waals surface area contributed by atoms with E-state index in [-0.39, 0.29) is 5.69 Å². The molecule has 9 heteroatoms. The van der Waals surface area contributed by atoms with E-state index >= 15 is 0 Å². The second kappa shape index (κ2) is 8.68. The number of nitrogens with zero attached hydrogens (tertiary/aromatic N) is 7. The maximum Gasteiger partial charge on any atom is 0.281 e. The molecule has 5 rings (SSSR count). The molecule has 0 bridgehead atoms. The predicted molar refractivity (Wildman–Crippen MR) is 117 cm³/mol. The first kappa shape index (κ1) is 20.6. The summed E-state index contributed by atoms with van der Waals surface area (Å²) in [6.07, 6.45) is 3.21. The fourth-order valence-electron chi connectivity index (χ4n) is 3.92. The van der Waals surface area contributed by atoms with Gasteiger partial charge in [0.25, 0.3) is 6.43 Å². The van der Waals surface area contributed by atoms with Crippen LogP contribution in [0.3, 0.4) is 0 Å². The van der Waals surface area contributed by atoms with Crippen molar-refractivity contribution in [1.82, 2.24) is 34.1 Å². The molecule has 1 fully saturated rings. The van der Waals surface area contributed by atoms with Crippen LogP contribution in [0.15, 0.2) is 55.1 Å². The summed E-state index contributed by atoms with van der Waals surface area (Å²) in [5, 5.41) is 0. The lowest BCUT2D eigenvalue weighted by atomic mass is 10.1. The molecule has 0 saturated carbocycles. The Kier molecular flexibility index (Phi) is 5.59. The van der Waals surface area contributed by atoms with Gasteiger partial charge in [-0.1, -0.05) is 18.2 Å². The van der Waals surface area contributed by atoms with Crippen molar-refractivity contribution in [3.05, 3.63) is 66.4 Å². The second-order valence-corrected chi connectivity index (χ2v) is 8.03. The topological polar surface area (TPSA) is 62.5 Å². The van der Waals surface area contributed by atoms with Gasteiger partial charge in [-0.25, -0.2) is 28.7 Å². The average Bonchev–Trinajstić information content (AvgIpc) is 3.24. The summed E-state index contributed by atoms with van der Waals surface area (Å²) < 4.78 is 27.8. The van der Waals surface area contributed by atoms with Gasteiger partial charge >= 0.3 is 0 Å². The van der Waals surface area contributed by atoms with Gasteiger partial charge in [-0.05, 0) is 24.7 Å². The standard InChI is InChI=1S/C23H23F2N7/c1-30-7-9-31(10-8-30)14-16-3-2-4-17(11-16)18-5-6-26-23(29-18)20-12-28-21-13-27-19(22(24)25)15-32(20)21/h2-6,11-13,15,22H,7-10,14H2,1H3. The Morgan fingerprint density at radius 2 is 1.84 bits per heavy atom. The van der Waals surface area contributed by atoms with Gasteiger partial charge in [-0.3, -0.25) is 9.30 Å². The monoisotopic (exact) mass is 435 g/mol.